The van der Waals surface area contributed by atoms with Crippen LogP contribution < -0.4 is 5.32 Å². The Hall–Kier alpha value is -3.45. The molecule has 5 nitrogen and oxygen atoms in total. The zero-order valence-electron chi connectivity index (χ0n) is 17.6. The van der Waals surface area contributed by atoms with Gasteiger partial charge in [0, 0.05) is 53.4 Å². The van der Waals surface area contributed by atoms with Gasteiger partial charge in [0.2, 0.25) is 0 Å². The fourth-order valence-corrected chi connectivity index (χ4v) is 3.50. The minimum Gasteiger partial charge on any atom is -0.306 e. The Morgan fingerprint density at radius 2 is 1.77 bits per heavy atom. The van der Waals surface area contributed by atoms with Crippen LogP contribution in [0.15, 0.2) is 61.1 Å². The molecule has 0 aliphatic rings. The first kappa shape index (κ1) is 20.8. The van der Waals surface area contributed by atoms with Gasteiger partial charge in [0.05, 0.1) is 6.20 Å². The van der Waals surface area contributed by atoms with Crippen molar-refractivity contribution < 1.29 is 8.78 Å². The van der Waals surface area contributed by atoms with Crippen molar-refractivity contribution in [3.05, 3.63) is 95.1 Å². The summed E-state index contributed by atoms with van der Waals surface area (Å²) in [6.07, 6.45) is 5.33. The Morgan fingerprint density at radius 3 is 2.48 bits per heavy atom. The van der Waals surface area contributed by atoms with E-state index in [9.17, 15) is 8.78 Å². The van der Waals surface area contributed by atoms with Crippen molar-refractivity contribution in [2.45, 2.75) is 33.4 Å². The first-order valence-corrected chi connectivity index (χ1v) is 10.0. The van der Waals surface area contributed by atoms with E-state index < -0.39 is 11.6 Å². The Kier molecular flexibility index (Phi) is 5.86. The molecule has 1 atom stereocenters. The smallest absolute Gasteiger partial charge is 0.159 e. The molecule has 0 saturated carbocycles. The Bertz CT molecular complexity index is 1200. The van der Waals surface area contributed by atoms with E-state index in [0.717, 1.165) is 34.0 Å². The highest BCUT2D eigenvalue weighted by Crippen LogP contribution is 2.23. The molecule has 31 heavy (non-hydrogen) atoms. The molecule has 4 rings (SSSR count). The predicted octanol–water partition coefficient (Wildman–Crippen LogP) is 5.08. The molecule has 0 spiro atoms. The van der Waals surface area contributed by atoms with E-state index in [0.29, 0.717) is 12.4 Å². The summed E-state index contributed by atoms with van der Waals surface area (Å²) in [5.41, 5.74) is 5.05. The molecule has 2 aromatic carbocycles. The summed E-state index contributed by atoms with van der Waals surface area (Å²) in [4.78, 5) is 8.96. The van der Waals surface area contributed by atoms with Crippen LogP contribution in [0.4, 0.5) is 8.78 Å². The minimum atomic E-state index is -0.649. The van der Waals surface area contributed by atoms with Gasteiger partial charge in [-0.15, -0.1) is 0 Å². The zero-order valence-corrected chi connectivity index (χ0v) is 17.6. The third kappa shape index (κ3) is 4.51. The van der Waals surface area contributed by atoms with E-state index in [1.165, 1.54) is 16.8 Å². The van der Waals surface area contributed by atoms with Crippen LogP contribution >= 0.6 is 0 Å². The van der Waals surface area contributed by atoms with E-state index >= 15 is 0 Å². The summed E-state index contributed by atoms with van der Waals surface area (Å²) in [5, 5.41) is 7.72. The van der Waals surface area contributed by atoms with Crippen molar-refractivity contribution in [3.8, 4) is 17.1 Å². The second kappa shape index (κ2) is 8.73. The van der Waals surface area contributed by atoms with Gasteiger partial charge in [-0.25, -0.2) is 23.4 Å². The lowest BCUT2D eigenvalue weighted by atomic mass is 10.1. The second-order valence-electron chi connectivity index (χ2n) is 7.58. The van der Waals surface area contributed by atoms with E-state index in [4.69, 9.17) is 0 Å². The quantitative estimate of drug-likeness (QED) is 0.474. The largest absolute Gasteiger partial charge is 0.306 e. The lowest BCUT2D eigenvalue weighted by Gasteiger charge is -2.14. The molecule has 0 unspecified atom stereocenters. The number of hydrogen-bond donors (Lipinski definition) is 1. The first-order chi connectivity index (χ1) is 14.9. The molecule has 0 saturated heterocycles. The number of aromatic nitrogens is 4. The molecule has 1 N–H and O–H groups in total. The predicted molar refractivity (Wildman–Crippen MR) is 116 cm³/mol. The van der Waals surface area contributed by atoms with Crippen LogP contribution in [0.25, 0.3) is 17.1 Å². The lowest BCUT2D eigenvalue weighted by Crippen LogP contribution is -2.19. The number of benzene rings is 2. The molecule has 2 aromatic heterocycles. The highest BCUT2D eigenvalue weighted by Gasteiger charge is 2.16. The van der Waals surface area contributed by atoms with Crippen molar-refractivity contribution >= 4 is 0 Å². The molecule has 0 bridgehead atoms. The maximum atomic E-state index is 14.1. The van der Waals surface area contributed by atoms with E-state index in [1.807, 2.05) is 51.4 Å². The summed E-state index contributed by atoms with van der Waals surface area (Å²) < 4.78 is 28.8. The SMILES string of the molecule is Cc1cccc(-c2ncc(CN[C@H](C)c3cnn(-c4ccc(F)cc4F)c3C)cn2)c1. The molecule has 2 heterocycles. The lowest BCUT2D eigenvalue weighted by molar-refractivity contribution is 0.565. The topological polar surface area (TPSA) is 55.6 Å². The van der Waals surface area contributed by atoms with E-state index in [-0.39, 0.29) is 11.7 Å². The van der Waals surface area contributed by atoms with Gasteiger partial charge in [-0.3, -0.25) is 0 Å². The van der Waals surface area contributed by atoms with Gasteiger partial charge in [-0.2, -0.15) is 5.10 Å². The average Bonchev–Trinajstić information content (AvgIpc) is 3.13. The third-order valence-electron chi connectivity index (χ3n) is 5.25. The Morgan fingerprint density at radius 1 is 1.00 bits per heavy atom. The standard InChI is InChI=1S/C24H23F2N5/c1-15-5-4-6-19(9-15)24-28-12-18(13-29-24)11-27-16(2)21-14-30-31(17(21)3)23-8-7-20(25)10-22(23)26/h4-10,12-14,16,27H,11H2,1-3H3/t16-/m1/s1. The number of halogens is 2. The van der Waals surface area contributed by atoms with Crippen molar-refractivity contribution in [1.82, 2.24) is 25.1 Å². The van der Waals surface area contributed by atoms with Gasteiger partial charge < -0.3 is 5.32 Å². The van der Waals surface area contributed by atoms with Crippen molar-refractivity contribution in [2.24, 2.45) is 0 Å². The van der Waals surface area contributed by atoms with Gasteiger partial charge in [0.25, 0.3) is 0 Å². The van der Waals surface area contributed by atoms with Crippen LogP contribution in [-0.2, 0) is 6.54 Å². The van der Waals surface area contributed by atoms with Crippen LogP contribution in [-0.4, -0.2) is 19.7 Å². The van der Waals surface area contributed by atoms with E-state index in [1.54, 1.807) is 6.20 Å². The van der Waals surface area contributed by atoms with Gasteiger partial charge >= 0.3 is 0 Å². The van der Waals surface area contributed by atoms with Crippen molar-refractivity contribution in [3.63, 3.8) is 0 Å². The first-order valence-electron chi connectivity index (χ1n) is 10.0. The Balaban J connectivity index is 1.44. The molecule has 0 aliphatic heterocycles. The highest BCUT2D eigenvalue weighted by molar-refractivity contribution is 5.55. The van der Waals surface area contributed by atoms with Gasteiger partial charge in [-0.1, -0.05) is 23.8 Å². The summed E-state index contributed by atoms with van der Waals surface area (Å²) in [6, 6.07) is 11.5. The number of rotatable bonds is 6. The van der Waals surface area contributed by atoms with Crippen LogP contribution in [0, 0.1) is 25.5 Å². The monoisotopic (exact) mass is 419 g/mol. The summed E-state index contributed by atoms with van der Waals surface area (Å²) in [7, 11) is 0. The molecule has 0 radical (unpaired) electrons. The molecule has 0 fully saturated rings. The van der Waals surface area contributed by atoms with Crippen molar-refractivity contribution in [2.75, 3.05) is 0 Å². The molecule has 0 amide bonds. The minimum absolute atomic E-state index is 0.0336. The van der Waals surface area contributed by atoms with Gasteiger partial charge in [0.1, 0.15) is 11.5 Å². The third-order valence-corrected chi connectivity index (χ3v) is 5.25. The van der Waals surface area contributed by atoms with Gasteiger partial charge in [0.15, 0.2) is 11.6 Å². The second-order valence-corrected chi connectivity index (χ2v) is 7.58. The number of nitrogens with zero attached hydrogens (tertiary/aromatic N) is 4. The fourth-order valence-electron chi connectivity index (χ4n) is 3.50. The van der Waals surface area contributed by atoms with Gasteiger partial charge in [-0.05, 0) is 39.0 Å². The number of hydrogen-bond acceptors (Lipinski definition) is 4. The molecular weight excluding hydrogens is 396 g/mol. The molecule has 4 aromatic rings. The molecular formula is C24H23F2N5. The average molecular weight is 419 g/mol. The summed E-state index contributed by atoms with van der Waals surface area (Å²) >= 11 is 0. The molecule has 0 aliphatic carbocycles. The number of nitrogens with one attached hydrogen (secondary N) is 1. The van der Waals surface area contributed by atoms with Crippen LogP contribution in [0.3, 0.4) is 0 Å². The number of aryl methyl sites for hydroxylation is 1. The Labute approximate surface area is 179 Å². The highest BCUT2D eigenvalue weighted by atomic mass is 19.1. The van der Waals surface area contributed by atoms with Crippen LogP contribution in [0.1, 0.15) is 35.3 Å². The normalized spacial score (nSPS) is 12.2. The molecule has 158 valence electrons. The maximum absolute atomic E-state index is 14.1. The van der Waals surface area contributed by atoms with Crippen LogP contribution in [0.5, 0.6) is 0 Å². The van der Waals surface area contributed by atoms with Crippen LogP contribution in [0.2, 0.25) is 0 Å². The molecule has 7 heteroatoms. The summed E-state index contributed by atoms with van der Waals surface area (Å²) in [5.74, 6) is -0.569. The fraction of sp³-hybridized carbons (Fsp3) is 0.208. The van der Waals surface area contributed by atoms with E-state index in [2.05, 4.69) is 26.4 Å². The summed E-state index contributed by atoms with van der Waals surface area (Å²) in [6.45, 7) is 6.49. The van der Waals surface area contributed by atoms with Crippen molar-refractivity contribution in [1.29, 1.82) is 0 Å². The zero-order chi connectivity index (χ0) is 22.0. The maximum Gasteiger partial charge on any atom is 0.159 e.